The van der Waals surface area contributed by atoms with Gasteiger partial charge in [0.25, 0.3) is 0 Å². The number of hydrogen-bond donors (Lipinski definition) is 0. The molecule has 4 bridgehead atoms. The van der Waals surface area contributed by atoms with Crippen molar-refractivity contribution in [2.45, 2.75) is 104 Å². The maximum absolute atomic E-state index is 15.8. The summed E-state index contributed by atoms with van der Waals surface area (Å²) in [7, 11) is 1.06. The Balaban J connectivity index is 1.56. The first-order valence-corrected chi connectivity index (χ1v) is 14.6. The third-order valence-corrected chi connectivity index (χ3v) is 11.4. The van der Waals surface area contributed by atoms with Crippen LogP contribution in [0.1, 0.15) is 98.1 Å². The molecule has 7 rings (SSSR count). The van der Waals surface area contributed by atoms with E-state index >= 15 is 4.39 Å². The fourth-order valence-electron chi connectivity index (χ4n) is 8.73. The molecule has 0 spiro atoms. The van der Waals surface area contributed by atoms with E-state index in [-0.39, 0.29) is 23.4 Å². The Hall–Kier alpha value is -1.89. The highest BCUT2D eigenvalue weighted by molar-refractivity contribution is 6.64. The molecule has 0 N–H and O–H groups in total. The fourth-order valence-corrected chi connectivity index (χ4v) is 8.73. The summed E-state index contributed by atoms with van der Waals surface area (Å²) in [5, 5.41) is 0. The molecule has 1 heterocycles. The van der Waals surface area contributed by atoms with Crippen molar-refractivity contribution in [3.05, 3.63) is 47.3 Å². The van der Waals surface area contributed by atoms with Gasteiger partial charge in [-0.3, -0.25) is 0 Å². The molecule has 5 aliphatic rings. The first kappa shape index (κ1) is 27.3. The number of benzene rings is 2. The molecule has 1 saturated heterocycles. The van der Waals surface area contributed by atoms with Gasteiger partial charge in [-0.15, -0.1) is 0 Å². The van der Waals surface area contributed by atoms with Gasteiger partial charge in [0.15, 0.2) is 6.79 Å². The second-order valence-electron chi connectivity index (χ2n) is 14.7. The summed E-state index contributed by atoms with van der Waals surface area (Å²) in [5.74, 6) is 1.53. The van der Waals surface area contributed by atoms with E-state index in [0.717, 1.165) is 40.7 Å². The van der Waals surface area contributed by atoms with Gasteiger partial charge in [0.05, 0.1) is 11.2 Å². The van der Waals surface area contributed by atoms with Gasteiger partial charge in [-0.25, -0.2) is 4.39 Å². The highest BCUT2D eigenvalue weighted by Gasteiger charge is 2.75. The van der Waals surface area contributed by atoms with Gasteiger partial charge in [-0.05, 0) is 105 Å². The van der Waals surface area contributed by atoms with E-state index in [1.807, 2.05) is 0 Å². The van der Waals surface area contributed by atoms with Crippen LogP contribution in [0.5, 0.6) is 5.75 Å². The standard InChI is InChI=1S/C33H44BFO4/c1-20(2)21-10-11-24(27(12-21)34-38-29(3,4)30(5,6)39-34)25-13-23(35)14-26(28(25)37-19-36-9)33-16-22-15-32(33,8)17-31(22,7)18-33/h10-14,20,22H,15-19H2,1-9H3. The zero-order valence-electron chi connectivity index (χ0n) is 25.2. The molecule has 6 heteroatoms. The third kappa shape index (κ3) is 3.80. The fraction of sp³-hybridized carbons (Fsp3) is 0.636. The van der Waals surface area contributed by atoms with Crippen molar-refractivity contribution < 1.29 is 23.2 Å². The average Bonchev–Trinajstić information content (AvgIpc) is 3.51. The molecular formula is C33H44BFO4. The van der Waals surface area contributed by atoms with Gasteiger partial charge < -0.3 is 18.8 Å². The van der Waals surface area contributed by atoms with E-state index in [1.54, 1.807) is 19.2 Å². The maximum atomic E-state index is 15.8. The Morgan fingerprint density at radius 3 is 2.15 bits per heavy atom. The van der Waals surface area contributed by atoms with Crippen LogP contribution < -0.4 is 10.2 Å². The van der Waals surface area contributed by atoms with Crippen molar-refractivity contribution in [1.82, 2.24) is 0 Å². The predicted octanol–water partition coefficient (Wildman–Crippen LogP) is 7.37. The molecule has 0 amide bonds. The van der Waals surface area contributed by atoms with Crippen molar-refractivity contribution in [2.24, 2.45) is 16.7 Å². The van der Waals surface area contributed by atoms with Crippen LogP contribution in [0.25, 0.3) is 11.1 Å². The van der Waals surface area contributed by atoms with Crippen molar-refractivity contribution in [2.75, 3.05) is 13.9 Å². The first-order valence-electron chi connectivity index (χ1n) is 14.6. The van der Waals surface area contributed by atoms with E-state index < -0.39 is 18.3 Å². The number of rotatable bonds is 7. The van der Waals surface area contributed by atoms with E-state index in [2.05, 4.69) is 73.6 Å². The van der Waals surface area contributed by atoms with Crippen LogP contribution in [0.3, 0.4) is 0 Å². The largest absolute Gasteiger partial charge is 0.495 e. The van der Waals surface area contributed by atoms with Crippen LogP contribution in [0.2, 0.25) is 0 Å². The summed E-state index contributed by atoms with van der Waals surface area (Å²) < 4.78 is 40.7. The van der Waals surface area contributed by atoms with Crippen molar-refractivity contribution in [1.29, 1.82) is 0 Å². The zero-order chi connectivity index (χ0) is 28.2. The van der Waals surface area contributed by atoms with Crippen molar-refractivity contribution >= 4 is 12.6 Å². The van der Waals surface area contributed by atoms with Gasteiger partial charge in [-0.1, -0.05) is 45.9 Å². The lowest BCUT2D eigenvalue weighted by atomic mass is 9.64. The van der Waals surface area contributed by atoms with Crippen LogP contribution in [0.15, 0.2) is 30.3 Å². The van der Waals surface area contributed by atoms with Crippen LogP contribution >= 0.6 is 0 Å². The molecule has 4 aliphatic carbocycles. The Morgan fingerprint density at radius 2 is 1.64 bits per heavy atom. The molecule has 4 nitrogen and oxygen atoms in total. The number of halogens is 1. The summed E-state index contributed by atoms with van der Waals surface area (Å²) in [4.78, 5) is 0. The Bertz CT molecular complexity index is 1310. The average molecular weight is 535 g/mol. The molecule has 0 radical (unpaired) electrons. The topological polar surface area (TPSA) is 36.9 Å². The summed E-state index contributed by atoms with van der Waals surface area (Å²) in [6, 6.07) is 9.79. The molecule has 2 aromatic rings. The highest BCUT2D eigenvalue weighted by Crippen LogP contribution is 2.82. The predicted molar refractivity (Wildman–Crippen MR) is 154 cm³/mol. The zero-order valence-corrected chi connectivity index (χ0v) is 25.2. The second-order valence-corrected chi connectivity index (χ2v) is 14.7. The summed E-state index contributed by atoms with van der Waals surface area (Å²) in [6.45, 7) is 17.6. The minimum absolute atomic E-state index is 0.0886. The number of methoxy groups -OCH3 is 1. The van der Waals surface area contributed by atoms with E-state index in [9.17, 15) is 0 Å². The monoisotopic (exact) mass is 534 g/mol. The molecule has 0 aromatic heterocycles. The molecular weight excluding hydrogens is 490 g/mol. The normalized spacial score (nSPS) is 33.6. The Labute approximate surface area is 234 Å². The maximum Gasteiger partial charge on any atom is 0.495 e. The van der Waals surface area contributed by atoms with Crippen LogP contribution in [-0.4, -0.2) is 32.2 Å². The smallest absolute Gasteiger partial charge is 0.467 e. The van der Waals surface area contributed by atoms with Gasteiger partial charge in [0, 0.05) is 23.7 Å². The Kier molecular flexibility index (Phi) is 5.99. The molecule has 2 aromatic carbocycles. The third-order valence-electron chi connectivity index (χ3n) is 11.4. The molecule has 1 aliphatic heterocycles. The molecule has 210 valence electrons. The molecule has 4 unspecified atom stereocenters. The Morgan fingerprint density at radius 1 is 0.949 bits per heavy atom. The van der Waals surface area contributed by atoms with Gasteiger partial charge in [0.1, 0.15) is 11.6 Å². The van der Waals surface area contributed by atoms with Crippen LogP contribution in [0.4, 0.5) is 4.39 Å². The molecule has 4 atom stereocenters. The van der Waals surface area contributed by atoms with E-state index in [1.165, 1.54) is 18.4 Å². The number of ether oxygens (including phenoxy) is 2. The highest BCUT2D eigenvalue weighted by atomic mass is 19.1. The molecule has 39 heavy (non-hydrogen) atoms. The lowest BCUT2D eigenvalue weighted by molar-refractivity contribution is 0.00578. The van der Waals surface area contributed by atoms with Gasteiger partial charge in [-0.2, -0.15) is 0 Å². The minimum Gasteiger partial charge on any atom is -0.467 e. The number of hydrogen-bond acceptors (Lipinski definition) is 4. The first-order chi connectivity index (χ1) is 18.2. The second kappa shape index (κ2) is 8.56. The van der Waals surface area contributed by atoms with E-state index in [0.29, 0.717) is 17.3 Å². The lowest BCUT2D eigenvalue weighted by Gasteiger charge is -2.40. The summed E-state index contributed by atoms with van der Waals surface area (Å²) >= 11 is 0. The van der Waals surface area contributed by atoms with E-state index in [4.69, 9.17) is 18.8 Å². The van der Waals surface area contributed by atoms with Gasteiger partial charge >= 0.3 is 7.12 Å². The van der Waals surface area contributed by atoms with Crippen LogP contribution in [-0.2, 0) is 19.5 Å². The summed E-state index contributed by atoms with van der Waals surface area (Å²) in [5.41, 5.74) is 4.15. The quantitative estimate of drug-likeness (QED) is 0.275. The van der Waals surface area contributed by atoms with Crippen LogP contribution in [0, 0.1) is 22.6 Å². The van der Waals surface area contributed by atoms with Gasteiger partial charge in [0.2, 0.25) is 0 Å². The lowest BCUT2D eigenvalue weighted by Crippen LogP contribution is -2.41. The molecule has 5 fully saturated rings. The SMILES string of the molecule is COCOc1c(-c2ccc(C(C)C)cc2B2OC(C)(C)C(C)(C)O2)cc(F)cc1C12CC3CC1(C)CC3(C)C2. The minimum atomic E-state index is -0.574. The molecule has 4 saturated carbocycles. The van der Waals surface area contributed by atoms with Crippen molar-refractivity contribution in [3.63, 3.8) is 0 Å². The summed E-state index contributed by atoms with van der Waals surface area (Å²) in [6.07, 6.45) is 4.59. The van der Waals surface area contributed by atoms with Crippen molar-refractivity contribution in [3.8, 4) is 16.9 Å².